The molecule has 2 saturated carbocycles. The first kappa shape index (κ1) is 10.1. The van der Waals surface area contributed by atoms with Crippen LogP contribution in [0.3, 0.4) is 0 Å². The summed E-state index contributed by atoms with van der Waals surface area (Å²) in [6, 6.07) is 1.53. The first-order chi connectivity index (χ1) is 7.36. The second-order valence-corrected chi connectivity index (χ2v) is 5.18. The Hall–Kier alpha value is -0.120. The van der Waals surface area contributed by atoms with Gasteiger partial charge in [-0.05, 0) is 25.7 Å². The van der Waals surface area contributed by atoms with Gasteiger partial charge in [-0.3, -0.25) is 0 Å². The van der Waals surface area contributed by atoms with E-state index in [1.54, 1.807) is 0 Å². The van der Waals surface area contributed by atoms with Crippen molar-refractivity contribution in [1.29, 1.82) is 0 Å². The number of ether oxygens (including phenoxy) is 2. The molecule has 3 aliphatic rings. The van der Waals surface area contributed by atoms with Gasteiger partial charge in [-0.2, -0.15) is 0 Å². The molecule has 0 amide bonds. The van der Waals surface area contributed by atoms with E-state index in [-0.39, 0.29) is 5.79 Å². The van der Waals surface area contributed by atoms with Crippen molar-refractivity contribution in [2.75, 3.05) is 13.2 Å². The third-order valence-corrected chi connectivity index (χ3v) is 4.14. The molecule has 1 aliphatic heterocycles. The van der Waals surface area contributed by atoms with Gasteiger partial charge in [0.1, 0.15) is 0 Å². The van der Waals surface area contributed by atoms with Crippen LogP contribution in [-0.2, 0) is 9.47 Å². The zero-order valence-corrected chi connectivity index (χ0v) is 9.34. The van der Waals surface area contributed by atoms with Crippen molar-refractivity contribution in [2.24, 2.45) is 0 Å². The van der Waals surface area contributed by atoms with Crippen LogP contribution in [0.25, 0.3) is 0 Å². The van der Waals surface area contributed by atoms with E-state index in [0.717, 1.165) is 32.1 Å². The van der Waals surface area contributed by atoms with Gasteiger partial charge < -0.3 is 14.8 Å². The Bertz CT molecular complexity index is 212. The van der Waals surface area contributed by atoms with Gasteiger partial charge >= 0.3 is 0 Å². The van der Waals surface area contributed by atoms with Crippen LogP contribution in [0.1, 0.15) is 44.9 Å². The minimum absolute atomic E-state index is 0.183. The number of nitrogens with one attached hydrogen (secondary N) is 1. The van der Waals surface area contributed by atoms with Crippen molar-refractivity contribution in [3.05, 3.63) is 0 Å². The van der Waals surface area contributed by atoms with E-state index in [0.29, 0.717) is 6.04 Å². The Morgan fingerprint density at radius 1 is 0.867 bits per heavy atom. The first-order valence-corrected chi connectivity index (χ1v) is 6.40. The molecule has 0 bridgehead atoms. The van der Waals surface area contributed by atoms with E-state index in [1.807, 2.05) is 0 Å². The van der Waals surface area contributed by atoms with Crippen LogP contribution in [0, 0.1) is 0 Å². The Morgan fingerprint density at radius 2 is 1.47 bits per heavy atom. The number of hydrogen-bond acceptors (Lipinski definition) is 3. The fourth-order valence-corrected chi connectivity index (χ4v) is 2.92. The Labute approximate surface area is 91.5 Å². The smallest absolute Gasteiger partial charge is 0.168 e. The molecule has 86 valence electrons. The van der Waals surface area contributed by atoms with Gasteiger partial charge in [-0.25, -0.2) is 0 Å². The third-order valence-electron chi connectivity index (χ3n) is 4.14. The molecule has 15 heavy (non-hydrogen) atoms. The molecule has 3 nitrogen and oxygen atoms in total. The molecule has 1 heterocycles. The third kappa shape index (κ3) is 2.05. The van der Waals surface area contributed by atoms with Crippen LogP contribution in [0.15, 0.2) is 0 Å². The zero-order chi connectivity index (χ0) is 10.1. The van der Waals surface area contributed by atoms with Gasteiger partial charge in [-0.1, -0.05) is 6.42 Å². The van der Waals surface area contributed by atoms with Crippen molar-refractivity contribution in [3.8, 4) is 0 Å². The molecular formula is C12H21NO2. The molecule has 3 rings (SSSR count). The second kappa shape index (κ2) is 4.04. The molecule has 1 spiro atoms. The lowest BCUT2D eigenvalue weighted by Gasteiger charge is -2.39. The Kier molecular flexibility index (Phi) is 2.71. The highest BCUT2D eigenvalue weighted by Gasteiger charge is 2.40. The predicted octanol–water partition coefficient (Wildman–Crippen LogP) is 1.81. The summed E-state index contributed by atoms with van der Waals surface area (Å²) in [5, 5.41) is 3.75. The van der Waals surface area contributed by atoms with Crippen molar-refractivity contribution in [3.63, 3.8) is 0 Å². The standard InChI is InChI=1S/C12H21NO2/c1-2-10(3-1)13-11-4-6-12(7-5-11)14-8-9-15-12/h10-11,13H,1-9H2. The molecule has 3 heteroatoms. The minimum atomic E-state index is -0.183. The van der Waals surface area contributed by atoms with Gasteiger partial charge in [0, 0.05) is 24.9 Å². The van der Waals surface area contributed by atoms with E-state index >= 15 is 0 Å². The normalized spacial score (nSPS) is 32.0. The Morgan fingerprint density at radius 3 is 2.00 bits per heavy atom. The summed E-state index contributed by atoms with van der Waals surface area (Å²) in [6.45, 7) is 1.58. The summed E-state index contributed by atoms with van der Waals surface area (Å²) in [6.07, 6.45) is 8.78. The highest BCUT2D eigenvalue weighted by Crippen LogP contribution is 2.36. The lowest BCUT2D eigenvalue weighted by atomic mass is 9.86. The largest absolute Gasteiger partial charge is 0.348 e. The molecule has 0 atom stereocenters. The highest BCUT2D eigenvalue weighted by molar-refractivity contribution is 4.88. The first-order valence-electron chi connectivity index (χ1n) is 6.40. The van der Waals surface area contributed by atoms with Crippen LogP contribution in [-0.4, -0.2) is 31.1 Å². The van der Waals surface area contributed by atoms with Gasteiger partial charge in [-0.15, -0.1) is 0 Å². The quantitative estimate of drug-likeness (QED) is 0.755. The summed E-state index contributed by atoms with van der Waals surface area (Å²) in [7, 11) is 0. The van der Waals surface area contributed by atoms with Crippen LogP contribution < -0.4 is 5.32 Å². The topological polar surface area (TPSA) is 30.5 Å². The van der Waals surface area contributed by atoms with Gasteiger partial charge in [0.15, 0.2) is 5.79 Å². The van der Waals surface area contributed by atoms with Gasteiger partial charge in [0.25, 0.3) is 0 Å². The fourth-order valence-electron chi connectivity index (χ4n) is 2.92. The second-order valence-electron chi connectivity index (χ2n) is 5.18. The summed E-state index contributed by atoms with van der Waals surface area (Å²) in [5.74, 6) is -0.183. The molecule has 3 fully saturated rings. The van der Waals surface area contributed by atoms with Crippen molar-refractivity contribution >= 4 is 0 Å². The maximum absolute atomic E-state index is 5.73. The maximum atomic E-state index is 5.73. The molecule has 1 N–H and O–H groups in total. The summed E-state index contributed by atoms with van der Waals surface area (Å²) in [5.41, 5.74) is 0. The van der Waals surface area contributed by atoms with Crippen molar-refractivity contribution in [2.45, 2.75) is 62.8 Å². The van der Waals surface area contributed by atoms with Crippen molar-refractivity contribution in [1.82, 2.24) is 5.32 Å². The van der Waals surface area contributed by atoms with Gasteiger partial charge in [0.2, 0.25) is 0 Å². The van der Waals surface area contributed by atoms with Crippen LogP contribution in [0.2, 0.25) is 0 Å². The summed E-state index contributed by atoms with van der Waals surface area (Å²) < 4.78 is 11.5. The number of hydrogen-bond donors (Lipinski definition) is 1. The minimum Gasteiger partial charge on any atom is -0.348 e. The lowest BCUT2D eigenvalue weighted by Crippen LogP contribution is -2.47. The maximum Gasteiger partial charge on any atom is 0.168 e. The summed E-state index contributed by atoms with van der Waals surface area (Å²) >= 11 is 0. The monoisotopic (exact) mass is 211 g/mol. The van der Waals surface area contributed by atoms with Crippen LogP contribution in [0.5, 0.6) is 0 Å². The predicted molar refractivity (Wildman–Crippen MR) is 57.7 cm³/mol. The van der Waals surface area contributed by atoms with Gasteiger partial charge in [0.05, 0.1) is 13.2 Å². The average Bonchev–Trinajstić information content (AvgIpc) is 2.63. The van der Waals surface area contributed by atoms with E-state index in [4.69, 9.17) is 9.47 Å². The molecule has 0 aromatic rings. The van der Waals surface area contributed by atoms with E-state index < -0.39 is 0 Å². The molecular weight excluding hydrogens is 190 g/mol. The van der Waals surface area contributed by atoms with E-state index in [1.165, 1.54) is 32.1 Å². The fraction of sp³-hybridized carbons (Fsp3) is 1.00. The molecule has 0 radical (unpaired) electrons. The van der Waals surface area contributed by atoms with Crippen molar-refractivity contribution < 1.29 is 9.47 Å². The summed E-state index contributed by atoms with van der Waals surface area (Å²) in [4.78, 5) is 0. The molecule has 0 aromatic carbocycles. The van der Waals surface area contributed by atoms with E-state index in [9.17, 15) is 0 Å². The number of rotatable bonds is 2. The van der Waals surface area contributed by atoms with Crippen LogP contribution in [0.4, 0.5) is 0 Å². The highest BCUT2D eigenvalue weighted by atomic mass is 16.7. The average molecular weight is 211 g/mol. The van der Waals surface area contributed by atoms with E-state index in [2.05, 4.69) is 5.32 Å². The Balaban J connectivity index is 1.47. The molecule has 1 saturated heterocycles. The lowest BCUT2D eigenvalue weighted by molar-refractivity contribution is -0.180. The molecule has 0 aromatic heterocycles. The molecule has 2 aliphatic carbocycles. The van der Waals surface area contributed by atoms with Crippen LogP contribution >= 0.6 is 0 Å². The molecule has 0 unspecified atom stereocenters. The zero-order valence-electron chi connectivity index (χ0n) is 9.34. The SMILES string of the molecule is C1CC(NC2CCC3(CC2)OCCO3)C1.